The van der Waals surface area contributed by atoms with Gasteiger partial charge >= 0.3 is 0 Å². The second-order valence-corrected chi connectivity index (χ2v) is 6.42. The number of rotatable bonds is 10. The lowest BCUT2D eigenvalue weighted by atomic mass is 9.99. The standard InChI is InChI=1S/C19H38N2/c1-8-13-21(14-11-12-16(4)9-2)19(20-7)15-18(6)17(5)10-3/h15-17H,8-14H2,1-7H3/b18-15-,20-19?. The highest BCUT2D eigenvalue weighted by Gasteiger charge is 2.10. The summed E-state index contributed by atoms with van der Waals surface area (Å²) in [6, 6.07) is 0. The fourth-order valence-corrected chi connectivity index (χ4v) is 2.41. The summed E-state index contributed by atoms with van der Waals surface area (Å²) >= 11 is 0. The van der Waals surface area contributed by atoms with Gasteiger partial charge in [-0.1, -0.05) is 46.6 Å². The minimum Gasteiger partial charge on any atom is -0.357 e. The van der Waals surface area contributed by atoms with Gasteiger partial charge in [0.15, 0.2) is 0 Å². The van der Waals surface area contributed by atoms with Crippen LogP contribution in [0.2, 0.25) is 0 Å². The minimum absolute atomic E-state index is 0.644. The van der Waals surface area contributed by atoms with Crippen LogP contribution in [0.1, 0.15) is 73.6 Å². The van der Waals surface area contributed by atoms with Crippen LogP contribution in [0.4, 0.5) is 0 Å². The van der Waals surface area contributed by atoms with Crippen LogP contribution in [-0.4, -0.2) is 30.9 Å². The molecule has 0 saturated heterocycles. The maximum absolute atomic E-state index is 4.55. The second kappa shape index (κ2) is 11.8. The lowest BCUT2D eigenvalue weighted by Gasteiger charge is -2.25. The van der Waals surface area contributed by atoms with Crippen LogP contribution in [0.25, 0.3) is 0 Å². The molecule has 0 fully saturated rings. The Morgan fingerprint density at radius 3 is 2.24 bits per heavy atom. The van der Waals surface area contributed by atoms with E-state index < -0.39 is 0 Å². The van der Waals surface area contributed by atoms with E-state index in [1.54, 1.807) is 0 Å². The Kier molecular flexibility index (Phi) is 11.4. The van der Waals surface area contributed by atoms with Crippen molar-refractivity contribution in [3.05, 3.63) is 11.6 Å². The molecule has 0 rings (SSSR count). The zero-order chi connectivity index (χ0) is 16.3. The summed E-state index contributed by atoms with van der Waals surface area (Å²) in [4.78, 5) is 7.01. The van der Waals surface area contributed by atoms with E-state index in [-0.39, 0.29) is 0 Å². The summed E-state index contributed by atoms with van der Waals surface area (Å²) < 4.78 is 0. The first kappa shape index (κ1) is 20.2. The molecule has 0 bridgehead atoms. The monoisotopic (exact) mass is 294 g/mol. The number of aliphatic imine (C=N–C) groups is 1. The fraction of sp³-hybridized carbons (Fsp3) is 0.842. The molecular weight excluding hydrogens is 256 g/mol. The van der Waals surface area contributed by atoms with Crippen molar-refractivity contribution >= 4 is 5.84 Å². The SMILES string of the molecule is CCCN(CCCC(C)CC)C(/C=C(/C)C(C)CC)=NC. The van der Waals surface area contributed by atoms with Crippen LogP contribution in [0.5, 0.6) is 0 Å². The largest absolute Gasteiger partial charge is 0.357 e. The van der Waals surface area contributed by atoms with Gasteiger partial charge in [0.25, 0.3) is 0 Å². The molecule has 0 heterocycles. The Morgan fingerprint density at radius 2 is 1.76 bits per heavy atom. The van der Waals surface area contributed by atoms with Crippen LogP contribution < -0.4 is 0 Å². The molecule has 0 aromatic heterocycles. The van der Waals surface area contributed by atoms with E-state index in [0.29, 0.717) is 5.92 Å². The number of allylic oxidation sites excluding steroid dienone is 1. The molecule has 0 spiro atoms. The van der Waals surface area contributed by atoms with Gasteiger partial charge in [-0.2, -0.15) is 0 Å². The first-order chi connectivity index (χ1) is 9.99. The normalized spacial score (nSPS) is 16.0. The predicted molar refractivity (Wildman–Crippen MR) is 97.1 cm³/mol. The first-order valence-corrected chi connectivity index (χ1v) is 8.89. The molecule has 2 heteroatoms. The van der Waals surface area contributed by atoms with Gasteiger partial charge in [-0.05, 0) is 50.5 Å². The van der Waals surface area contributed by atoms with Crippen LogP contribution >= 0.6 is 0 Å². The van der Waals surface area contributed by atoms with E-state index in [1.165, 1.54) is 43.5 Å². The zero-order valence-electron chi connectivity index (χ0n) is 15.6. The van der Waals surface area contributed by atoms with Gasteiger partial charge in [0, 0.05) is 20.1 Å². The third-order valence-corrected chi connectivity index (χ3v) is 4.61. The molecule has 0 radical (unpaired) electrons. The summed E-state index contributed by atoms with van der Waals surface area (Å²) in [5.74, 6) is 2.65. The highest BCUT2D eigenvalue weighted by molar-refractivity contribution is 5.93. The number of hydrogen-bond acceptors (Lipinski definition) is 1. The summed E-state index contributed by atoms with van der Waals surface area (Å²) in [6.45, 7) is 15.9. The summed E-state index contributed by atoms with van der Waals surface area (Å²) in [5, 5.41) is 0. The maximum Gasteiger partial charge on any atom is 0.123 e. The van der Waals surface area contributed by atoms with E-state index in [4.69, 9.17) is 0 Å². The van der Waals surface area contributed by atoms with Gasteiger partial charge in [-0.25, -0.2) is 0 Å². The van der Waals surface area contributed by atoms with Crippen LogP contribution in [0.15, 0.2) is 16.6 Å². The highest BCUT2D eigenvalue weighted by Crippen LogP contribution is 2.15. The molecule has 0 aliphatic rings. The molecule has 2 nitrogen and oxygen atoms in total. The van der Waals surface area contributed by atoms with Crippen LogP contribution in [-0.2, 0) is 0 Å². The topological polar surface area (TPSA) is 15.6 Å². The molecule has 0 saturated carbocycles. The third-order valence-electron chi connectivity index (χ3n) is 4.61. The van der Waals surface area contributed by atoms with Gasteiger partial charge in [-0.15, -0.1) is 0 Å². The van der Waals surface area contributed by atoms with Gasteiger partial charge in [0.1, 0.15) is 5.84 Å². The van der Waals surface area contributed by atoms with Crippen LogP contribution in [0, 0.1) is 11.8 Å². The lowest BCUT2D eigenvalue weighted by Crippen LogP contribution is -2.32. The van der Waals surface area contributed by atoms with Gasteiger partial charge in [0.05, 0.1) is 0 Å². The average molecular weight is 295 g/mol. The Morgan fingerprint density at radius 1 is 1.10 bits per heavy atom. The molecule has 2 unspecified atom stereocenters. The minimum atomic E-state index is 0.644. The van der Waals surface area contributed by atoms with Gasteiger partial charge < -0.3 is 4.90 Å². The van der Waals surface area contributed by atoms with Crippen molar-refractivity contribution in [2.24, 2.45) is 16.8 Å². The predicted octanol–water partition coefficient (Wildman–Crippen LogP) is 5.55. The van der Waals surface area contributed by atoms with E-state index in [1.807, 2.05) is 7.05 Å². The smallest absolute Gasteiger partial charge is 0.123 e. The maximum atomic E-state index is 4.55. The van der Waals surface area contributed by atoms with Gasteiger partial charge in [-0.3, -0.25) is 4.99 Å². The molecule has 21 heavy (non-hydrogen) atoms. The van der Waals surface area contributed by atoms with Crippen molar-refractivity contribution in [3.63, 3.8) is 0 Å². The Labute approximate surface area is 133 Å². The molecule has 124 valence electrons. The average Bonchev–Trinajstić information content (AvgIpc) is 2.50. The molecule has 0 aromatic rings. The lowest BCUT2D eigenvalue weighted by molar-refractivity contribution is 0.379. The Bertz CT molecular complexity index is 318. The van der Waals surface area contributed by atoms with E-state index >= 15 is 0 Å². The van der Waals surface area contributed by atoms with E-state index in [2.05, 4.69) is 57.5 Å². The molecular formula is C19H38N2. The third kappa shape index (κ3) is 8.28. The van der Waals surface area contributed by atoms with Gasteiger partial charge in [0.2, 0.25) is 0 Å². The summed E-state index contributed by atoms with van der Waals surface area (Å²) in [7, 11) is 1.92. The molecule has 2 atom stereocenters. The van der Waals surface area contributed by atoms with E-state index in [0.717, 1.165) is 19.0 Å². The van der Waals surface area contributed by atoms with Crippen molar-refractivity contribution < 1.29 is 0 Å². The summed E-state index contributed by atoms with van der Waals surface area (Å²) in [6.07, 6.45) is 8.55. The second-order valence-electron chi connectivity index (χ2n) is 6.42. The Hall–Kier alpha value is -0.790. The quantitative estimate of drug-likeness (QED) is 0.381. The zero-order valence-corrected chi connectivity index (χ0v) is 15.6. The number of hydrogen-bond donors (Lipinski definition) is 0. The van der Waals surface area contributed by atoms with Crippen molar-refractivity contribution in [1.82, 2.24) is 4.90 Å². The molecule has 0 aliphatic carbocycles. The highest BCUT2D eigenvalue weighted by atomic mass is 15.2. The van der Waals surface area contributed by atoms with Crippen molar-refractivity contribution in [2.75, 3.05) is 20.1 Å². The fourth-order valence-electron chi connectivity index (χ4n) is 2.41. The number of nitrogens with zero attached hydrogens (tertiary/aromatic N) is 2. The number of amidine groups is 1. The first-order valence-electron chi connectivity index (χ1n) is 8.89. The Balaban J connectivity index is 4.73. The molecule has 0 amide bonds. The van der Waals surface area contributed by atoms with Crippen molar-refractivity contribution in [1.29, 1.82) is 0 Å². The van der Waals surface area contributed by atoms with E-state index in [9.17, 15) is 0 Å². The molecule has 0 aromatic carbocycles. The van der Waals surface area contributed by atoms with Crippen LogP contribution in [0.3, 0.4) is 0 Å². The van der Waals surface area contributed by atoms with Crippen molar-refractivity contribution in [3.8, 4) is 0 Å². The van der Waals surface area contributed by atoms with Crippen molar-refractivity contribution in [2.45, 2.75) is 73.6 Å². The molecule has 0 aliphatic heterocycles. The molecule has 0 N–H and O–H groups in total. The summed E-state index contributed by atoms with van der Waals surface area (Å²) in [5.41, 5.74) is 1.45.